The van der Waals surface area contributed by atoms with E-state index >= 15 is 0 Å². The summed E-state index contributed by atoms with van der Waals surface area (Å²) in [6.45, 7) is 19.6. The molecule has 0 spiro atoms. The number of hydrogen-bond donors (Lipinski definition) is 1. The van der Waals surface area contributed by atoms with Gasteiger partial charge in [-0.3, -0.25) is 9.80 Å². The molecule has 2 aromatic carbocycles. The summed E-state index contributed by atoms with van der Waals surface area (Å²) >= 11 is 12.2. The minimum Gasteiger partial charge on any atom is -0.439 e. The molecule has 1 N–H and O–H groups in total. The average molecular weight is 832 g/mol. The number of nitrogens with one attached hydrogen (secondary N) is 1. The summed E-state index contributed by atoms with van der Waals surface area (Å²) in [6.07, 6.45) is 5.02. The SMILES string of the molecule is C1CC2CNCCN2C1.CC(C)(C)c1nc2ccc(Cl)c(S(=O)(=O)Cl)c2o1.CC(C)(C)c1nc2ccc(Cl)c(S(=O)(=O)N3CCN4CCCC4C3)c2o1. The molecule has 2 atom stereocenters. The normalized spacial score (nSPS) is 21.9. The highest BCUT2D eigenvalue weighted by Crippen LogP contribution is 2.38. The summed E-state index contributed by atoms with van der Waals surface area (Å²) in [5.74, 6) is 0.938. The minimum absolute atomic E-state index is 0.0223. The molecule has 4 aliphatic rings. The first-order valence-corrected chi connectivity index (χ1v) is 22.6. The van der Waals surface area contributed by atoms with Gasteiger partial charge in [-0.25, -0.2) is 26.8 Å². The van der Waals surface area contributed by atoms with Crippen LogP contribution in [0.15, 0.2) is 42.9 Å². The Bertz CT molecular complexity index is 2170. The van der Waals surface area contributed by atoms with Gasteiger partial charge in [0.05, 0.1) is 10.0 Å². The van der Waals surface area contributed by atoms with Gasteiger partial charge in [0.25, 0.3) is 9.05 Å². The molecule has 6 heterocycles. The molecule has 2 unspecified atom stereocenters. The second-order valence-electron chi connectivity index (χ2n) is 16.2. The maximum atomic E-state index is 13.4. The van der Waals surface area contributed by atoms with Crippen molar-refractivity contribution in [1.82, 2.24) is 29.4 Å². The van der Waals surface area contributed by atoms with Crippen LogP contribution in [-0.4, -0.2) is 105 Å². The number of benzene rings is 2. The Morgan fingerprint density at radius 3 is 1.75 bits per heavy atom. The summed E-state index contributed by atoms with van der Waals surface area (Å²) in [5.41, 5.74) is 0.653. The van der Waals surface area contributed by atoms with Gasteiger partial charge in [-0.15, -0.1) is 0 Å². The lowest BCUT2D eigenvalue weighted by Crippen LogP contribution is -2.51. The van der Waals surface area contributed by atoms with Crippen molar-refractivity contribution in [1.29, 1.82) is 0 Å². The van der Waals surface area contributed by atoms with Crippen LogP contribution in [0.25, 0.3) is 22.2 Å². The number of nitrogens with zero attached hydrogens (tertiary/aromatic N) is 5. The second kappa shape index (κ2) is 15.5. The van der Waals surface area contributed by atoms with Crippen molar-refractivity contribution in [2.45, 2.75) is 99.9 Å². The maximum Gasteiger partial charge on any atom is 0.266 e. The molecule has 4 aromatic rings. The zero-order valence-corrected chi connectivity index (χ0v) is 35.0. The van der Waals surface area contributed by atoms with Crippen LogP contribution in [0.4, 0.5) is 0 Å². The number of hydrogen-bond acceptors (Lipinski definition) is 11. The Labute approximate surface area is 327 Å². The molecule has 4 fully saturated rings. The van der Waals surface area contributed by atoms with Crippen LogP contribution >= 0.6 is 33.9 Å². The molecule has 8 rings (SSSR count). The highest BCUT2D eigenvalue weighted by molar-refractivity contribution is 8.14. The van der Waals surface area contributed by atoms with Crippen LogP contribution in [0.3, 0.4) is 0 Å². The molecular formula is C36H49Cl3N6O6S2. The molecule has 0 amide bonds. The van der Waals surface area contributed by atoms with E-state index in [9.17, 15) is 16.8 Å². The number of sulfonamides is 1. The van der Waals surface area contributed by atoms with Crippen molar-refractivity contribution in [2.75, 3.05) is 52.4 Å². The smallest absolute Gasteiger partial charge is 0.266 e. The van der Waals surface area contributed by atoms with Crippen LogP contribution in [0, 0.1) is 0 Å². The van der Waals surface area contributed by atoms with E-state index in [1.807, 2.05) is 41.5 Å². The second-order valence-corrected chi connectivity index (χ2v) is 21.3. The van der Waals surface area contributed by atoms with Crippen LogP contribution < -0.4 is 5.32 Å². The molecule has 17 heteroatoms. The molecule has 4 saturated heterocycles. The van der Waals surface area contributed by atoms with Gasteiger partial charge in [-0.05, 0) is 63.0 Å². The largest absolute Gasteiger partial charge is 0.439 e. The molecular weight excluding hydrogens is 783 g/mol. The van der Waals surface area contributed by atoms with E-state index in [0.29, 0.717) is 41.9 Å². The Hall–Kier alpha value is -2.01. The van der Waals surface area contributed by atoms with E-state index in [1.165, 1.54) is 45.1 Å². The highest BCUT2D eigenvalue weighted by Gasteiger charge is 2.39. The van der Waals surface area contributed by atoms with Gasteiger partial charge in [0, 0.05) is 72.9 Å². The van der Waals surface area contributed by atoms with Crippen molar-refractivity contribution < 1.29 is 25.7 Å². The quantitative estimate of drug-likeness (QED) is 0.213. The molecule has 292 valence electrons. The molecule has 0 aliphatic carbocycles. The van der Waals surface area contributed by atoms with E-state index < -0.39 is 19.1 Å². The van der Waals surface area contributed by atoms with Crippen LogP contribution in [0.2, 0.25) is 10.0 Å². The Kier molecular flexibility index (Phi) is 11.9. The number of fused-ring (bicyclic) bond motifs is 4. The van der Waals surface area contributed by atoms with Gasteiger partial charge < -0.3 is 14.2 Å². The first-order chi connectivity index (χ1) is 24.7. The van der Waals surface area contributed by atoms with E-state index in [-0.39, 0.29) is 41.8 Å². The zero-order chi connectivity index (χ0) is 38.5. The topological polar surface area (TPSA) is 142 Å². The lowest BCUT2D eigenvalue weighted by atomic mass is 9.97. The Balaban J connectivity index is 0.000000153. The van der Waals surface area contributed by atoms with E-state index in [2.05, 4.69) is 25.1 Å². The molecule has 0 bridgehead atoms. The van der Waals surface area contributed by atoms with Gasteiger partial charge in [0.2, 0.25) is 21.8 Å². The fourth-order valence-electron chi connectivity index (χ4n) is 7.22. The van der Waals surface area contributed by atoms with Crippen LogP contribution in [0.5, 0.6) is 0 Å². The summed E-state index contributed by atoms with van der Waals surface area (Å²) in [4.78, 5) is 13.5. The number of halogens is 3. The third kappa shape index (κ3) is 8.86. The maximum absolute atomic E-state index is 13.4. The van der Waals surface area contributed by atoms with Gasteiger partial charge in [0.15, 0.2) is 11.2 Å². The van der Waals surface area contributed by atoms with E-state index in [0.717, 1.165) is 32.0 Å². The van der Waals surface area contributed by atoms with Gasteiger partial charge in [-0.2, -0.15) is 4.31 Å². The fourth-order valence-corrected chi connectivity index (χ4v) is 11.0. The molecule has 53 heavy (non-hydrogen) atoms. The first kappa shape index (κ1) is 40.6. The summed E-state index contributed by atoms with van der Waals surface area (Å²) in [5, 5.41) is 3.62. The monoisotopic (exact) mass is 830 g/mol. The van der Waals surface area contributed by atoms with Crippen molar-refractivity contribution in [2.24, 2.45) is 0 Å². The van der Waals surface area contributed by atoms with Crippen LogP contribution in [0.1, 0.15) is 79.0 Å². The zero-order valence-electron chi connectivity index (χ0n) is 31.1. The molecule has 0 saturated carbocycles. The molecule has 0 radical (unpaired) electrons. The molecule has 2 aromatic heterocycles. The van der Waals surface area contributed by atoms with E-state index in [1.54, 1.807) is 22.5 Å². The molecule has 12 nitrogen and oxygen atoms in total. The van der Waals surface area contributed by atoms with Gasteiger partial charge in [-0.1, -0.05) is 64.7 Å². The summed E-state index contributed by atoms with van der Waals surface area (Å²) in [7, 11) is -2.37. The van der Waals surface area contributed by atoms with E-state index in [4.69, 9.17) is 42.7 Å². The lowest BCUT2D eigenvalue weighted by Gasteiger charge is -2.36. The number of piperazine rings is 2. The van der Waals surface area contributed by atoms with Crippen molar-refractivity contribution in [3.8, 4) is 0 Å². The van der Waals surface area contributed by atoms with Crippen molar-refractivity contribution >= 4 is 75.2 Å². The Morgan fingerprint density at radius 1 is 0.717 bits per heavy atom. The first-order valence-electron chi connectivity index (χ1n) is 18.1. The minimum atomic E-state index is -3.99. The van der Waals surface area contributed by atoms with Crippen molar-refractivity contribution in [3.63, 3.8) is 0 Å². The number of oxazole rings is 2. The number of rotatable bonds is 3. The fraction of sp³-hybridized carbons (Fsp3) is 0.611. The molecule has 4 aliphatic heterocycles. The third-order valence-corrected chi connectivity index (χ3v) is 14.2. The van der Waals surface area contributed by atoms with Crippen molar-refractivity contribution in [3.05, 3.63) is 46.1 Å². The average Bonchev–Trinajstić information content (AvgIpc) is 3.88. The predicted octanol–water partition coefficient (Wildman–Crippen LogP) is 7.01. The van der Waals surface area contributed by atoms with Gasteiger partial charge >= 0.3 is 0 Å². The standard InChI is InChI=1S/C18H24ClN3O3S.C11H11Cl2NO3S.C7H14N2/c1-18(2,3)17-20-14-7-6-13(19)16(15(14)25-17)26(23,24)22-10-9-21-8-4-5-12(21)11-22;1-11(2,3)10-14-7-5-4-6(12)9(8(7)17-10)18(13,15)16;1-2-7-6-8-3-5-9(7)4-1/h6-7,12H,4-5,8-11H2,1-3H3;4-5H,1-3H3;7-8H,1-6H2. The van der Waals surface area contributed by atoms with Gasteiger partial charge in [0.1, 0.15) is 20.8 Å². The summed E-state index contributed by atoms with van der Waals surface area (Å²) in [6, 6.07) is 7.54. The lowest BCUT2D eigenvalue weighted by molar-refractivity contribution is 0.158. The third-order valence-electron chi connectivity index (χ3n) is 10.1. The summed E-state index contributed by atoms with van der Waals surface area (Å²) < 4.78 is 62.8. The predicted molar refractivity (Wildman–Crippen MR) is 209 cm³/mol. The Morgan fingerprint density at radius 2 is 1.23 bits per heavy atom. The highest BCUT2D eigenvalue weighted by atomic mass is 35.7. The number of aromatic nitrogens is 2. The van der Waals surface area contributed by atoms with Crippen LogP contribution in [-0.2, 0) is 29.9 Å².